The summed E-state index contributed by atoms with van der Waals surface area (Å²) in [5.74, 6) is -0.0140. The summed E-state index contributed by atoms with van der Waals surface area (Å²) in [5, 5.41) is 16.6. The maximum atomic E-state index is 13.0. The van der Waals surface area contributed by atoms with Crippen molar-refractivity contribution in [1.82, 2.24) is 9.80 Å². The van der Waals surface area contributed by atoms with Crippen LogP contribution < -0.4 is 0 Å². The monoisotopic (exact) mass is 392 g/mol. The molecular weight excluding hydrogens is 364 g/mol. The third-order valence-corrected chi connectivity index (χ3v) is 4.99. The summed E-state index contributed by atoms with van der Waals surface area (Å²) in [7, 11) is 0. The minimum Gasteiger partial charge on any atom is -0.483 e. The van der Waals surface area contributed by atoms with E-state index >= 15 is 0 Å². The zero-order valence-electron chi connectivity index (χ0n) is 15.9. The highest BCUT2D eigenvalue weighted by atomic mass is 16.5. The van der Waals surface area contributed by atoms with E-state index in [0.717, 1.165) is 24.8 Å². The Morgan fingerprint density at radius 1 is 1.18 bits per heavy atom. The van der Waals surface area contributed by atoms with E-state index in [-0.39, 0.29) is 37.5 Å². The zero-order chi connectivity index (χ0) is 20.4. The Labute approximate surface area is 164 Å². The van der Waals surface area contributed by atoms with Gasteiger partial charge in [-0.25, -0.2) is 0 Å². The maximum Gasteiger partial charge on any atom is 0.290 e. The van der Waals surface area contributed by atoms with E-state index in [1.165, 1.54) is 0 Å². The highest BCUT2D eigenvalue weighted by Crippen LogP contribution is 2.29. The molecule has 1 aromatic carbocycles. The van der Waals surface area contributed by atoms with E-state index in [0.29, 0.717) is 26.1 Å². The number of hydrogen-bond acceptors (Lipinski definition) is 5. The molecule has 1 aromatic rings. The molecule has 2 N–H and O–H groups in total. The summed E-state index contributed by atoms with van der Waals surface area (Å²) in [6, 6.07) is 9.32. The summed E-state index contributed by atoms with van der Waals surface area (Å²) in [4.78, 5) is 37.0. The van der Waals surface area contributed by atoms with Gasteiger partial charge >= 0.3 is 0 Å². The molecule has 28 heavy (non-hydrogen) atoms. The van der Waals surface area contributed by atoms with Crippen LogP contribution in [-0.4, -0.2) is 77.3 Å². The van der Waals surface area contributed by atoms with Gasteiger partial charge in [0.05, 0.1) is 25.8 Å². The molecule has 8 nitrogen and oxygen atoms in total. The van der Waals surface area contributed by atoms with Crippen molar-refractivity contribution >= 4 is 18.3 Å². The van der Waals surface area contributed by atoms with Gasteiger partial charge in [0.2, 0.25) is 11.8 Å². The Bertz CT molecular complexity index is 639. The van der Waals surface area contributed by atoms with E-state index < -0.39 is 6.10 Å². The summed E-state index contributed by atoms with van der Waals surface area (Å²) in [6.07, 6.45) is 2.97. The molecule has 0 unspecified atom stereocenters. The van der Waals surface area contributed by atoms with Gasteiger partial charge in [-0.15, -0.1) is 0 Å². The lowest BCUT2D eigenvalue weighted by Gasteiger charge is -2.41. The van der Waals surface area contributed by atoms with E-state index in [9.17, 15) is 14.7 Å². The van der Waals surface area contributed by atoms with Crippen molar-refractivity contribution in [1.29, 1.82) is 0 Å². The van der Waals surface area contributed by atoms with E-state index in [4.69, 9.17) is 14.6 Å². The van der Waals surface area contributed by atoms with Crippen molar-refractivity contribution in [2.45, 2.75) is 37.8 Å². The first-order valence-electron chi connectivity index (χ1n) is 9.54. The van der Waals surface area contributed by atoms with E-state index in [1.807, 2.05) is 30.3 Å². The highest BCUT2D eigenvalue weighted by molar-refractivity contribution is 5.85. The minimum atomic E-state index is -0.445. The molecule has 154 valence electrons. The predicted molar refractivity (Wildman–Crippen MR) is 101 cm³/mol. The van der Waals surface area contributed by atoms with Gasteiger partial charge in [0, 0.05) is 19.5 Å². The topological polar surface area (TPSA) is 107 Å². The fourth-order valence-electron chi connectivity index (χ4n) is 3.67. The lowest BCUT2D eigenvalue weighted by Crippen LogP contribution is -2.52. The zero-order valence-corrected chi connectivity index (χ0v) is 15.9. The lowest BCUT2D eigenvalue weighted by molar-refractivity contribution is -0.153. The Hall–Kier alpha value is -2.45. The molecule has 2 aliphatic rings. The molecule has 0 radical (unpaired) electrons. The van der Waals surface area contributed by atoms with Crippen LogP contribution in [0, 0.1) is 0 Å². The SMILES string of the molecule is O=C1CCCCCN1CC(=O)N1CCO[C@@H](CO)[C@@H]1c1ccccc1.O=CO. The van der Waals surface area contributed by atoms with Crippen LogP contribution in [0.1, 0.15) is 37.3 Å². The van der Waals surface area contributed by atoms with Crippen LogP contribution in [-0.2, 0) is 19.1 Å². The van der Waals surface area contributed by atoms with Gasteiger partial charge in [0.15, 0.2) is 0 Å². The second kappa shape index (κ2) is 11.4. The van der Waals surface area contributed by atoms with Crippen molar-refractivity contribution in [3.05, 3.63) is 35.9 Å². The Balaban J connectivity index is 0.000000878. The van der Waals surface area contributed by atoms with Crippen LogP contribution in [0.5, 0.6) is 0 Å². The van der Waals surface area contributed by atoms with Crippen molar-refractivity contribution < 1.29 is 29.3 Å². The molecule has 2 atom stereocenters. The van der Waals surface area contributed by atoms with Gasteiger partial charge in [-0.3, -0.25) is 14.4 Å². The number of aliphatic hydroxyl groups excluding tert-OH is 1. The number of amides is 2. The van der Waals surface area contributed by atoms with Gasteiger partial charge in [0.1, 0.15) is 6.10 Å². The van der Waals surface area contributed by atoms with Crippen molar-refractivity contribution in [3.8, 4) is 0 Å². The Morgan fingerprint density at radius 2 is 1.89 bits per heavy atom. The molecule has 2 saturated heterocycles. The van der Waals surface area contributed by atoms with E-state index in [2.05, 4.69) is 0 Å². The van der Waals surface area contributed by atoms with Gasteiger partial charge in [0.25, 0.3) is 6.47 Å². The third kappa shape index (κ3) is 5.77. The van der Waals surface area contributed by atoms with Gasteiger partial charge in [-0.1, -0.05) is 36.8 Å². The quantitative estimate of drug-likeness (QED) is 0.742. The summed E-state index contributed by atoms with van der Waals surface area (Å²) < 4.78 is 5.68. The van der Waals surface area contributed by atoms with Crippen LogP contribution >= 0.6 is 0 Å². The van der Waals surface area contributed by atoms with Crippen molar-refractivity contribution in [2.75, 3.05) is 32.8 Å². The van der Waals surface area contributed by atoms with Gasteiger partial charge < -0.3 is 24.7 Å². The molecule has 0 saturated carbocycles. The smallest absolute Gasteiger partial charge is 0.290 e. The molecule has 0 spiro atoms. The maximum absolute atomic E-state index is 13.0. The highest BCUT2D eigenvalue weighted by Gasteiger charge is 2.36. The molecule has 3 rings (SSSR count). The summed E-state index contributed by atoms with van der Waals surface area (Å²) in [6.45, 7) is 1.23. The second-order valence-corrected chi connectivity index (χ2v) is 6.77. The number of benzene rings is 1. The normalized spacial score (nSPS) is 22.7. The Kier molecular flexibility index (Phi) is 8.90. The first kappa shape index (κ1) is 21.8. The molecule has 2 heterocycles. The molecule has 2 fully saturated rings. The number of carbonyl (C=O) groups excluding carboxylic acids is 2. The third-order valence-electron chi connectivity index (χ3n) is 4.99. The Morgan fingerprint density at radius 3 is 2.57 bits per heavy atom. The molecule has 0 bridgehead atoms. The van der Waals surface area contributed by atoms with Crippen LogP contribution in [0.25, 0.3) is 0 Å². The number of morpholine rings is 1. The van der Waals surface area contributed by atoms with Gasteiger partial charge in [-0.05, 0) is 18.4 Å². The number of aliphatic hydroxyl groups is 1. The molecule has 2 amide bonds. The van der Waals surface area contributed by atoms with Crippen LogP contribution in [0.2, 0.25) is 0 Å². The van der Waals surface area contributed by atoms with Crippen molar-refractivity contribution in [3.63, 3.8) is 0 Å². The standard InChI is InChI=1S/C19H26N2O4.CH2O2/c22-14-16-19(15-7-3-1-4-8-15)21(11-12-25-16)18(24)13-20-10-6-2-5-9-17(20)23;2-1-3/h1,3-4,7-8,16,19,22H,2,5-6,9-14H2;1H,(H,2,3)/t16-,19-;/m0./s1. The first-order valence-corrected chi connectivity index (χ1v) is 9.54. The number of ether oxygens (including phenoxy) is 1. The molecule has 2 aliphatic heterocycles. The van der Waals surface area contributed by atoms with Crippen LogP contribution in [0.15, 0.2) is 30.3 Å². The summed E-state index contributed by atoms with van der Waals surface area (Å²) >= 11 is 0. The first-order chi connectivity index (χ1) is 13.6. The minimum absolute atomic E-state index is 0.0640. The number of carbonyl (C=O) groups is 3. The summed E-state index contributed by atoms with van der Waals surface area (Å²) in [5.41, 5.74) is 0.941. The van der Waals surface area contributed by atoms with Gasteiger partial charge in [-0.2, -0.15) is 0 Å². The van der Waals surface area contributed by atoms with Crippen LogP contribution in [0.3, 0.4) is 0 Å². The number of carboxylic acid groups (broad SMARTS) is 1. The molecule has 0 aromatic heterocycles. The molecular formula is C20H28N2O6. The predicted octanol–water partition coefficient (Wildman–Crippen LogP) is 1.05. The fourth-order valence-corrected chi connectivity index (χ4v) is 3.67. The molecule has 0 aliphatic carbocycles. The average molecular weight is 392 g/mol. The van der Waals surface area contributed by atoms with Crippen molar-refractivity contribution in [2.24, 2.45) is 0 Å². The number of nitrogens with zero attached hydrogens (tertiary/aromatic N) is 2. The lowest BCUT2D eigenvalue weighted by atomic mass is 9.98. The van der Waals surface area contributed by atoms with E-state index in [1.54, 1.807) is 9.80 Å². The fraction of sp³-hybridized carbons (Fsp3) is 0.550. The number of likely N-dealkylation sites (tertiary alicyclic amines) is 1. The number of hydrogen-bond donors (Lipinski definition) is 2. The second-order valence-electron chi connectivity index (χ2n) is 6.77. The van der Waals surface area contributed by atoms with Crippen LogP contribution in [0.4, 0.5) is 0 Å². The average Bonchev–Trinajstić information content (AvgIpc) is 2.92. The number of rotatable bonds is 4. The largest absolute Gasteiger partial charge is 0.483 e. The molecule has 8 heteroatoms.